The first-order valence-corrected chi connectivity index (χ1v) is 9.01. The lowest BCUT2D eigenvalue weighted by molar-refractivity contribution is 0.315. The third kappa shape index (κ3) is 4.01. The molecule has 0 fully saturated rings. The van der Waals surface area contributed by atoms with Gasteiger partial charge in [0, 0.05) is 11.1 Å². The average molecular weight is 420 g/mol. The summed E-state index contributed by atoms with van der Waals surface area (Å²) in [5.74, 6) is -7.22. The van der Waals surface area contributed by atoms with E-state index in [0.717, 1.165) is 18.2 Å². The van der Waals surface area contributed by atoms with Crippen molar-refractivity contribution in [2.75, 3.05) is 13.2 Å². The Morgan fingerprint density at radius 2 is 1.60 bits per heavy atom. The number of hydrogen-bond donors (Lipinski definition) is 0. The maximum absolute atomic E-state index is 14.8. The summed E-state index contributed by atoms with van der Waals surface area (Å²) in [7, 11) is 0. The first-order chi connectivity index (χ1) is 14.4. The van der Waals surface area contributed by atoms with Gasteiger partial charge < -0.3 is 9.47 Å². The summed E-state index contributed by atoms with van der Waals surface area (Å²) in [6.07, 6.45) is 1.52. The van der Waals surface area contributed by atoms with Gasteiger partial charge in [-0.05, 0) is 48.7 Å². The summed E-state index contributed by atoms with van der Waals surface area (Å²) in [5, 5.41) is -0.833. The Bertz CT molecular complexity index is 1120. The predicted molar refractivity (Wildman–Crippen MR) is 106 cm³/mol. The summed E-state index contributed by atoms with van der Waals surface area (Å²) in [4.78, 5) is 0. The first kappa shape index (κ1) is 21.4. The van der Waals surface area contributed by atoms with Crippen LogP contribution in [0.25, 0.3) is 22.4 Å². The van der Waals surface area contributed by atoms with E-state index in [1.54, 1.807) is 6.92 Å². The average Bonchev–Trinajstić information content (AvgIpc) is 2.75. The molecule has 0 aliphatic carbocycles. The summed E-state index contributed by atoms with van der Waals surface area (Å²) in [5.41, 5.74) is -0.995. The molecule has 0 amide bonds. The van der Waals surface area contributed by atoms with E-state index in [-0.39, 0.29) is 24.2 Å². The van der Waals surface area contributed by atoms with Crippen molar-refractivity contribution >= 4 is 22.4 Å². The van der Waals surface area contributed by atoms with Crippen LogP contribution in [0.5, 0.6) is 11.5 Å². The fraction of sp³-hybridized carbons (Fsp3) is 0.130. The van der Waals surface area contributed by atoms with Gasteiger partial charge in [0.2, 0.25) is 5.82 Å². The molecule has 0 aromatic heterocycles. The Kier molecular flexibility index (Phi) is 6.40. The van der Waals surface area contributed by atoms with E-state index >= 15 is 0 Å². The highest BCUT2D eigenvalue weighted by Gasteiger charge is 2.23. The van der Waals surface area contributed by atoms with E-state index < -0.39 is 45.8 Å². The Hall–Kier alpha value is -3.35. The van der Waals surface area contributed by atoms with Crippen molar-refractivity contribution in [2.45, 2.75) is 6.92 Å². The molecule has 0 saturated carbocycles. The molecule has 0 aliphatic rings. The Labute approximate surface area is 169 Å². The van der Waals surface area contributed by atoms with Gasteiger partial charge in [-0.2, -0.15) is 4.39 Å². The monoisotopic (exact) mass is 420 g/mol. The smallest absolute Gasteiger partial charge is 0.201 e. The van der Waals surface area contributed by atoms with Crippen LogP contribution in [-0.2, 0) is 0 Å². The molecule has 0 atom stereocenters. The third-order valence-electron chi connectivity index (χ3n) is 4.29. The molecule has 0 unspecified atom stereocenters. The van der Waals surface area contributed by atoms with Gasteiger partial charge in [0.1, 0.15) is 18.2 Å². The lowest BCUT2D eigenvalue weighted by Gasteiger charge is -2.11. The predicted octanol–water partition coefficient (Wildman–Crippen LogP) is 6.99. The van der Waals surface area contributed by atoms with Gasteiger partial charge in [0.05, 0.1) is 12.0 Å². The van der Waals surface area contributed by atoms with Gasteiger partial charge in [-0.15, -0.1) is 0 Å². The molecule has 0 heterocycles. The Morgan fingerprint density at radius 3 is 2.23 bits per heavy atom. The van der Waals surface area contributed by atoms with E-state index in [1.807, 2.05) is 0 Å². The van der Waals surface area contributed by atoms with E-state index in [2.05, 4.69) is 6.58 Å². The van der Waals surface area contributed by atoms with Crippen LogP contribution in [0.2, 0.25) is 0 Å². The van der Waals surface area contributed by atoms with Crippen LogP contribution in [0.4, 0.5) is 22.0 Å². The van der Waals surface area contributed by atoms with Crippen LogP contribution in [0.1, 0.15) is 18.1 Å². The van der Waals surface area contributed by atoms with Crippen LogP contribution in [0.15, 0.2) is 55.1 Å². The van der Waals surface area contributed by atoms with Crippen molar-refractivity contribution in [1.82, 2.24) is 0 Å². The van der Waals surface area contributed by atoms with Crippen molar-refractivity contribution in [3.63, 3.8) is 0 Å². The van der Waals surface area contributed by atoms with Crippen molar-refractivity contribution in [3.8, 4) is 11.5 Å². The molecule has 0 saturated heterocycles. The zero-order valence-electron chi connectivity index (χ0n) is 15.9. The molecule has 3 aromatic carbocycles. The van der Waals surface area contributed by atoms with Gasteiger partial charge >= 0.3 is 0 Å². The Morgan fingerprint density at radius 1 is 0.900 bits per heavy atom. The van der Waals surface area contributed by atoms with Gasteiger partial charge in [0.15, 0.2) is 23.2 Å². The molecule has 0 aliphatic heterocycles. The van der Waals surface area contributed by atoms with Crippen molar-refractivity contribution in [2.24, 2.45) is 0 Å². The lowest BCUT2D eigenvalue weighted by Crippen LogP contribution is -2.00. The minimum absolute atomic E-state index is 0.0458. The number of rotatable bonds is 7. The number of ether oxygens (including phenoxy) is 2. The zero-order valence-corrected chi connectivity index (χ0v) is 15.9. The minimum Gasteiger partial charge on any atom is -0.491 e. The van der Waals surface area contributed by atoms with E-state index in [1.165, 1.54) is 30.3 Å². The van der Waals surface area contributed by atoms with Gasteiger partial charge in [-0.3, -0.25) is 0 Å². The number of halogens is 5. The number of hydrogen-bond acceptors (Lipinski definition) is 2. The van der Waals surface area contributed by atoms with Crippen molar-refractivity contribution in [1.29, 1.82) is 0 Å². The maximum atomic E-state index is 14.8. The third-order valence-corrected chi connectivity index (χ3v) is 4.29. The highest BCUT2D eigenvalue weighted by Crippen LogP contribution is 2.36. The van der Waals surface area contributed by atoms with E-state index in [9.17, 15) is 22.0 Å². The van der Waals surface area contributed by atoms with Crippen molar-refractivity contribution in [3.05, 3.63) is 83.7 Å². The summed E-state index contributed by atoms with van der Waals surface area (Å²) in [6, 6.07) is 8.55. The zero-order chi connectivity index (χ0) is 21.8. The molecule has 0 spiro atoms. The van der Waals surface area contributed by atoms with Gasteiger partial charge in [-0.25, -0.2) is 17.6 Å². The lowest BCUT2D eigenvalue weighted by atomic mass is 10.0. The molecule has 3 aromatic rings. The molecule has 3 rings (SSSR count). The van der Waals surface area contributed by atoms with Crippen LogP contribution >= 0.6 is 0 Å². The second-order valence-electron chi connectivity index (χ2n) is 6.21. The van der Waals surface area contributed by atoms with Gasteiger partial charge in [0.25, 0.3) is 0 Å². The normalized spacial score (nSPS) is 11.9. The minimum atomic E-state index is -1.54. The maximum Gasteiger partial charge on any atom is 0.201 e. The Balaban J connectivity index is 2.06. The summed E-state index contributed by atoms with van der Waals surface area (Å²) in [6.45, 7) is 5.38. The van der Waals surface area contributed by atoms with Crippen LogP contribution < -0.4 is 9.47 Å². The molecular formula is C23H17F5O2. The molecule has 7 heteroatoms. The SMILES string of the molecule is C=CCOc1ccc(C(F)=C(F)c2ccc3cc(OCC)c(F)c(F)c3c2F)cc1. The molecule has 0 radical (unpaired) electrons. The summed E-state index contributed by atoms with van der Waals surface area (Å²) >= 11 is 0. The molecule has 30 heavy (non-hydrogen) atoms. The van der Waals surface area contributed by atoms with E-state index in [0.29, 0.717) is 5.75 Å². The standard InChI is InChI=1S/C23H17F5O2/c1-3-11-30-15-8-5-13(6-9-15)19(24)21(26)16-10-7-14-12-17(29-4-2)22(27)23(28)18(14)20(16)25/h3,5-10,12H,1,4,11H2,2H3. The second-order valence-corrected chi connectivity index (χ2v) is 6.21. The fourth-order valence-corrected chi connectivity index (χ4v) is 2.88. The van der Waals surface area contributed by atoms with Gasteiger partial charge in [-0.1, -0.05) is 18.7 Å². The quantitative estimate of drug-likeness (QED) is 0.233. The molecular weight excluding hydrogens is 403 g/mol. The largest absolute Gasteiger partial charge is 0.491 e. The highest BCUT2D eigenvalue weighted by molar-refractivity contribution is 5.91. The van der Waals surface area contributed by atoms with Crippen molar-refractivity contribution < 1.29 is 31.4 Å². The molecule has 2 nitrogen and oxygen atoms in total. The number of benzene rings is 3. The topological polar surface area (TPSA) is 18.5 Å². The summed E-state index contributed by atoms with van der Waals surface area (Å²) < 4.78 is 82.9. The second kappa shape index (κ2) is 8.98. The van der Waals surface area contributed by atoms with Crippen LogP contribution in [-0.4, -0.2) is 13.2 Å². The molecule has 0 N–H and O–H groups in total. The fourth-order valence-electron chi connectivity index (χ4n) is 2.88. The molecule has 156 valence electrons. The number of fused-ring (bicyclic) bond motifs is 1. The first-order valence-electron chi connectivity index (χ1n) is 9.01. The van der Waals surface area contributed by atoms with E-state index in [4.69, 9.17) is 9.47 Å². The molecule has 0 bridgehead atoms. The van der Waals surface area contributed by atoms with Crippen LogP contribution in [0, 0.1) is 17.5 Å². The van der Waals surface area contributed by atoms with Crippen LogP contribution in [0.3, 0.4) is 0 Å². The highest BCUT2D eigenvalue weighted by atomic mass is 19.2.